The molecular formula is C16H18O2. The van der Waals surface area contributed by atoms with Crippen LogP contribution in [0.5, 0.6) is 11.5 Å². The second kappa shape index (κ2) is 4.37. The Labute approximate surface area is 108 Å². The summed E-state index contributed by atoms with van der Waals surface area (Å²) in [5, 5.41) is 19.5. The molecule has 2 rings (SSSR count). The number of phenols is 2. The van der Waals surface area contributed by atoms with Crippen molar-refractivity contribution in [1.29, 1.82) is 0 Å². The molecule has 2 nitrogen and oxygen atoms in total. The van der Waals surface area contributed by atoms with E-state index in [0.29, 0.717) is 11.5 Å². The van der Waals surface area contributed by atoms with E-state index in [-0.39, 0.29) is 0 Å². The van der Waals surface area contributed by atoms with Crippen LogP contribution in [-0.4, -0.2) is 10.2 Å². The predicted molar refractivity (Wildman–Crippen MR) is 74.2 cm³/mol. The third kappa shape index (κ3) is 1.94. The molecule has 2 N–H and O–H groups in total. The summed E-state index contributed by atoms with van der Waals surface area (Å²) in [5.74, 6) is 0.676. The van der Waals surface area contributed by atoms with Crippen molar-refractivity contribution in [2.75, 3.05) is 0 Å². The van der Waals surface area contributed by atoms with E-state index in [9.17, 15) is 10.2 Å². The zero-order valence-corrected chi connectivity index (χ0v) is 11.2. The molecular weight excluding hydrogens is 224 g/mol. The number of rotatable bonds is 1. The summed E-state index contributed by atoms with van der Waals surface area (Å²) < 4.78 is 0. The van der Waals surface area contributed by atoms with Crippen LogP contribution in [-0.2, 0) is 0 Å². The van der Waals surface area contributed by atoms with Crippen LogP contribution >= 0.6 is 0 Å². The lowest BCUT2D eigenvalue weighted by Crippen LogP contribution is -1.91. The fraction of sp³-hybridized carbons (Fsp3) is 0.250. The van der Waals surface area contributed by atoms with Gasteiger partial charge in [0.2, 0.25) is 0 Å². The van der Waals surface area contributed by atoms with Gasteiger partial charge in [0.15, 0.2) is 0 Å². The van der Waals surface area contributed by atoms with Gasteiger partial charge in [0.1, 0.15) is 11.5 Å². The van der Waals surface area contributed by atoms with Crippen molar-refractivity contribution in [3.8, 4) is 22.6 Å². The lowest BCUT2D eigenvalue weighted by Gasteiger charge is -2.14. The molecule has 0 bridgehead atoms. The van der Waals surface area contributed by atoms with Crippen molar-refractivity contribution in [3.63, 3.8) is 0 Å². The van der Waals surface area contributed by atoms with Crippen LogP contribution < -0.4 is 0 Å². The molecule has 0 amide bonds. The fourth-order valence-corrected chi connectivity index (χ4v) is 2.19. The highest BCUT2D eigenvalue weighted by atomic mass is 16.3. The Balaban J connectivity index is 2.67. The smallest absolute Gasteiger partial charge is 0.121 e. The van der Waals surface area contributed by atoms with Gasteiger partial charge in [-0.15, -0.1) is 0 Å². The number of phenolic OH excluding ortho intramolecular Hbond substituents is 2. The minimum absolute atomic E-state index is 0.309. The molecule has 94 valence electrons. The summed E-state index contributed by atoms with van der Waals surface area (Å²) in [6.07, 6.45) is 0. The molecule has 0 aromatic heterocycles. The molecule has 2 aromatic carbocycles. The molecule has 0 aliphatic rings. The van der Waals surface area contributed by atoms with Crippen molar-refractivity contribution < 1.29 is 10.2 Å². The Morgan fingerprint density at radius 2 is 1.44 bits per heavy atom. The van der Waals surface area contributed by atoms with Crippen LogP contribution in [0.25, 0.3) is 11.1 Å². The van der Waals surface area contributed by atoms with Crippen LogP contribution in [0.15, 0.2) is 24.3 Å². The standard InChI is InChI=1S/C16H18O2/c1-9-7-13(5-6-15(9)17)14-8-10(2)16(18)12(4)11(14)3/h5-8,17-18H,1-4H3. The van der Waals surface area contributed by atoms with Crippen LogP contribution in [0.4, 0.5) is 0 Å². The van der Waals surface area contributed by atoms with E-state index in [4.69, 9.17) is 0 Å². The van der Waals surface area contributed by atoms with Gasteiger partial charge in [-0.1, -0.05) is 6.07 Å². The van der Waals surface area contributed by atoms with Gasteiger partial charge >= 0.3 is 0 Å². The van der Waals surface area contributed by atoms with Crippen molar-refractivity contribution in [2.45, 2.75) is 27.7 Å². The van der Waals surface area contributed by atoms with Gasteiger partial charge in [-0.25, -0.2) is 0 Å². The largest absolute Gasteiger partial charge is 0.508 e. The molecule has 0 heterocycles. The molecule has 2 aromatic rings. The molecule has 0 aliphatic heterocycles. The molecule has 0 unspecified atom stereocenters. The lowest BCUT2D eigenvalue weighted by molar-refractivity contribution is 0.466. The van der Waals surface area contributed by atoms with Crippen molar-refractivity contribution in [1.82, 2.24) is 0 Å². The van der Waals surface area contributed by atoms with Gasteiger partial charge in [-0.2, -0.15) is 0 Å². The lowest BCUT2D eigenvalue weighted by atomic mass is 9.93. The van der Waals surface area contributed by atoms with E-state index in [1.54, 1.807) is 6.07 Å². The second-order valence-electron chi connectivity index (χ2n) is 4.84. The van der Waals surface area contributed by atoms with Gasteiger partial charge in [0.25, 0.3) is 0 Å². The molecule has 0 saturated heterocycles. The number of benzene rings is 2. The maximum atomic E-state index is 9.92. The highest BCUT2D eigenvalue weighted by molar-refractivity contribution is 5.72. The maximum absolute atomic E-state index is 9.92. The number of hydrogen-bond donors (Lipinski definition) is 2. The highest BCUT2D eigenvalue weighted by Gasteiger charge is 2.11. The van der Waals surface area contributed by atoms with Crippen LogP contribution in [0, 0.1) is 27.7 Å². The summed E-state index contributed by atoms with van der Waals surface area (Å²) >= 11 is 0. The van der Waals surface area contributed by atoms with Crippen LogP contribution in [0.2, 0.25) is 0 Å². The monoisotopic (exact) mass is 242 g/mol. The Morgan fingerprint density at radius 3 is 2.06 bits per heavy atom. The van der Waals surface area contributed by atoms with Crippen LogP contribution in [0.1, 0.15) is 22.3 Å². The Morgan fingerprint density at radius 1 is 0.778 bits per heavy atom. The molecule has 2 heteroatoms. The van der Waals surface area contributed by atoms with Crippen molar-refractivity contribution >= 4 is 0 Å². The summed E-state index contributed by atoms with van der Waals surface area (Å²) in [5.41, 5.74) is 5.88. The van der Waals surface area contributed by atoms with Gasteiger partial charge in [0, 0.05) is 0 Å². The quantitative estimate of drug-likeness (QED) is 0.793. The molecule has 0 radical (unpaired) electrons. The molecule has 18 heavy (non-hydrogen) atoms. The Bertz CT molecular complexity index is 613. The van der Waals surface area contributed by atoms with Crippen molar-refractivity contribution in [2.24, 2.45) is 0 Å². The van der Waals surface area contributed by atoms with Crippen LogP contribution in [0.3, 0.4) is 0 Å². The maximum Gasteiger partial charge on any atom is 0.121 e. The van der Waals surface area contributed by atoms with Crippen molar-refractivity contribution in [3.05, 3.63) is 46.5 Å². The predicted octanol–water partition coefficient (Wildman–Crippen LogP) is 4.00. The zero-order chi connectivity index (χ0) is 13.4. The van der Waals surface area contributed by atoms with E-state index >= 15 is 0 Å². The Kier molecular flexibility index (Phi) is 3.04. The first kappa shape index (κ1) is 12.5. The summed E-state index contributed by atoms with van der Waals surface area (Å²) in [4.78, 5) is 0. The van der Waals surface area contributed by atoms with E-state index in [1.807, 2.05) is 45.9 Å². The Hall–Kier alpha value is -1.96. The number of aromatic hydroxyl groups is 2. The third-order valence-corrected chi connectivity index (χ3v) is 3.56. The normalized spacial score (nSPS) is 10.7. The van der Waals surface area contributed by atoms with Gasteiger partial charge < -0.3 is 10.2 Å². The first-order valence-corrected chi connectivity index (χ1v) is 6.01. The average Bonchev–Trinajstić information content (AvgIpc) is 2.35. The van der Waals surface area contributed by atoms with E-state index in [1.165, 1.54) is 0 Å². The molecule has 0 saturated carbocycles. The van der Waals surface area contributed by atoms with E-state index in [0.717, 1.165) is 33.4 Å². The number of hydrogen-bond acceptors (Lipinski definition) is 2. The topological polar surface area (TPSA) is 40.5 Å². The summed E-state index contributed by atoms with van der Waals surface area (Å²) in [6, 6.07) is 7.57. The number of aryl methyl sites for hydroxylation is 2. The van der Waals surface area contributed by atoms with Gasteiger partial charge in [-0.05, 0) is 79.3 Å². The molecule has 0 spiro atoms. The average molecular weight is 242 g/mol. The first-order valence-electron chi connectivity index (χ1n) is 6.01. The summed E-state index contributed by atoms with van der Waals surface area (Å²) in [7, 11) is 0. The minimum Gasteiger partial charge on any atom is -0.508 e. The van der Waals surface area contributed by atoms with Gasteiger partial charge in [-0.3, -0.25) is 0 Å². The second-order valence-corrected chi connectivity index (χ2v) is 4.84. The summed E-state index contributed by atoms with van der Waals surface area (Å²) in [6.45, 7) is 7.72. The zero-order valence-electron chi connectivity index (χ0n) is 11.2. The third-order valence-electron chi connectivity index (χ3n) is 3.56. The van der Waals surface area contributed by atoms with Gasteiger partial charge in [0.05, 0.1) is 0 Å². The molecule has 0 atom stereocenters. The van der Waals surface area contributed by atoms with E-state index in [2.05, 4.69) is 0 Å². The minimum atomic E-state index is 0.309. The highest BCUT2D eigenvalue weighted by Crippen LogP contribution is 2.34. The fourth-order valence-electron chi connectivity index (χ4n) is 2.19. The molecule has 0 aliphatic carbocycles. The van der Waals surface area contributed by atoms with E-state index < -0.39 is 0 Å². The SMILES string of the molecule is Cc1cc(-c2cc(C)c(O)c(C)c2C)ccc1O. The molecule has 0 fully saturated rings. The first-order chi connectivity index (χ1) is 8.41.